The third-order valence-corrected chi connectivity index (χ3v) is 7.26. The number of fused-ring (bicyclic) bond motifs is 1. The molecule has 1 spiro atoms. The van der Waals surface area contributed by atoms with Crippen molar-refractivity contribution in [2.24, 2.45) is 12.5 Å². The van der Waals surface area contributed by atoms with E-state index in [0.717, 1.165) is 33.7 Å². The summed E-state index contributed by atoms with van der Waals surface area (Å²) in [4.78, 5) is 7.97. The fourth-order valence-electron chi connectivity index (χ4n) is 5.24. The SMILES string of the molecule is Cc1nn(C)cc1-c1cc2c(NC3CCC4(CCNCC4)CC3)c(Cl)cnc2[nH]1. The minimum atomic E-state index is 0.470. The summed E-state index contributed by atoms with van der Waals surface area (Å²) < 4.78 is 1.84. The zero-order valence-corrected chi connectivity index (χ0v) is 17.9. The van der Waals surface area contributed by atoms with E-state index in [0.29, 0.717) is 16.5 Å². The van der Waals surface area contributed by atoms with Crippen LogP contribution in [0, 0.1) is 12.3 Å². The largest absolute Gasteiger partial charge is 0.380 e. The van der Waals surface area contributed by atoms with Crippen LogP contribution in [0.3, 0.4) is 0 Å². The van der Waals surface area contributed by atoms with Gasteiger partial charge in [-0.2, -0.15) is 5.10 Å². The van der Waals surface area contributed by atoms with E-state index in [2.05, 4.69) is 31.8 Å². The van der Waals surface area contributed by atoms with Crippen molar-refractivity contribution in [1.29, 1.82) is 0 Å². The summed E-state index contributed by atoms with van der Waals surface area (Å²) in [6.45, 7) is 4.38. The Hall–Kier alpha value is -2.05. The van der Waals surface area contributed by atoms with Gasteiger partial charge in [0.1, 0.15) is 5.65 Å². The molecule has 3 aromatic heterocycles. The molecule has 1 aliphatic heterocycles. The van der Waals surface area contributed by atoms with Gasteiger partial charge >= 0.3 is 0 Å². The zero-order chi connectivity index (χ0) is 20.0. The highest BCUT2D eigenvalue weighted by Crippen LogP contribution is 2.44. The van der Waals surface area contributed by atoms with Gasteiger partial charge in [-0.25, -0.2) is 4.98 Å². The quantitative estimate of drug-likeness (QED) is 0.585. The molecule has 1 aliphatic carbocycles. The van der Waals surface area contributed by atoms with Crippen LogP contribution in [-0.4, -0.2) is 38.9 Å². The Labute approximate surface area is 176 Å². The standard InChI is InChI=1S/C22H29ClN6/c1-14-17(13-29(2)28-14)19-11-16-20(18(23)12-25-21(16)27-19)26-15-3-5-22(6-4-15)7-9-24-10-8-22/h11-13,15,24H,3-10H2,1-2H3,(H2,25,26,27). The fourth-order valence-corrected chi connectivity index (χ4v) is 5.45. The lowest BCUT2D eigenvalue weighted by Gasteiger charge is -2.43. The number of aromatic amines is 1. The van der Waals surface area contributed by atoms with Crippen molar-refractivity contribution in [3.05, 3.63) is 29.2 Å². The Morgan fingerprint density at radius 3 is 2.66 bits per heavy atom. The Bertz CT molecular complexity index is 1020. The van der Waals surface area contributed by atoms with Crippen LogP contribution in [0.25, 0.3) is 22.3 Å². The molecule has 3 aromatic rings. The Morgan fingerprint density at radius 2 is 1.97 bits per heavy atom. The maximum atomic E-state index is 6.59. The average molecular weight is 413 g/mol. The van der Waals surface area contributed by atoms with E-state index in [4.69, 9.17) is 11.6 Å². The highest BCUT2D eigenvalue weighted by atomic mass is 35.5. The summed E-state index contributed by atoms with van der Waals surface area (Å²) in [6.07, 6.45) is 11.5. The van der Waals surface area contributed by atoms with Crippen LogP contribution in [0.15, 0.2) is 18.5 Å². The summed E-state index contributed by atoms with van der Waals surface area (Å²) in [7, 11) is 1.94. The number of rotatable bonds is 3. The molecule has 154 valence electrons. The van der Waals surface area contributed by atoms with Crippen LogP contribution in [0.5, 0.6) is 0 Å². The summed E-state index contributed by atoms with van der Waals surface area (Å²) in [5, 5.41) is 13.5. The van der Waals surface area contributed by atoms with Crippen molar-refractivity contribution in [2.45, 2.75) is 51.5 Å². The molecule has 5 rings (SSSR count). The molecule has 7 heteroatoms. The van der Waals surface area contributed by atoms with Crippen molar-refractivity contribution in [3.63, 3.8) is 0 Å². The molecule has 29 heavy (non-hydrogen) atoms. The normalized spacial score (nSPS) is 19.8. The van der Waals surface area contributed by atoms with Gasteiger partial charge in [-0.05, 0) is 70.0 Å². The maximum absolute atomic E-state index is 6.59. The van der Waals surface area contributed by atoms with E-state index in [9.17, 15) is 0 Å². The monoisotopic (exact) mass is 412 g/mol. The molecular formula is C22H29ClN6. The van der Waals surface area contributed by atoms with Crippen molar-refractivity contribution in [2.75, 3.05) is 18.4 Å². The van der Waals surface area contributed by atoms with Gasteiger partial charge in [-0.3, -0.25) is 4.68 Å². The number of nitrogens with zero attached hydrogens (tertiary/aromatic N) is 3. The van der Waals surface area contributed by atoms with Crippen LogP contribution in [0.4, 0.5) is 5.69 Å². The number of aryl methyl sites for hydroxylation is 2. The van der Waals surface area contributed by atoms with Crippen molar-refractivity contribution >= 4 is 28.3 Å². The lowest BCUT2D eigenvalue weighted by atomic mass is 9.67. The second kappa shape index (κ2) is 7.33. The molecule has 1 saturated carbocycles. The third kappa shape index (κ3) is 3.53. The van der Waals surface area contributed by atoms with Gasteiger partial charge in [0, 0.05) is 30.2 Å². The first kappa shape index (κ1) is 18.9. The molecule has 0 aromatic carbocycles. The molecule has 4 heterocycles. The minimum Gasteiger partial charge on any atom is -0.380 e. The number of H-pyrrole nitrogens is 1. The summed E-state index contributed by atoms with van der Waals surface area (Å²) in [5.74, 6) is 0. The van der Waals surface area contributed by atoms with Crippen LogP contribution in [-0.2, 0) is 7.05 Å². The molecule has 0 atom stereocenters. The van der Waals surface area contributed by atoms with Crippen molar-refractivity contribution in [1.82, 2.24) is 25.1 Å². The molecule has 2 fully saturated rings. The molecule has 0 bridgehead atoms. The molecule has 1 saturated heterocycles. The number of pyridine rings is 1. The number of piperidine rings is 1. The number of nitrogens with one attached hydrogen (secondary N) is 3. The van der Waals surface area contributed by atoms with Gasteiger partial charge in [0.15, 0.2) is 0 Å². The first-order chi connectivity index (χ1) is 14.0. The van der Waals surface area contributed by atoms with E-state index >= 15 is 0 Å². The summed E-state index contributed by atoms with van der Waals surface area (Å²) in [5.41, 5.74) is 5.56. The average Bonchev–Trinajstić information content (AvgIpc) is 3.29. The topological polar surface area (TPSA) is 70.6 Å². The molecule has 3 N–H and O–H groups in total. The lowest BCUT2D eigenvalue weighted by Crippen LogP contribution is -2.41. The van der Waals surface area contributed by atoms with Crippen LogP contribution < -0.4 is 10.6 Å². The highest BCUT2D eigenvalue weighted by Gasteiger charge is 2.36. The number of hydrogen-bond donors (Lipinski definition) is 3. The second-order valence-corrected chi connectivity index (χ2v) is 9.30. The summed E-state index contributed by atoms with van der Waals surface area (Å²) >= 11 is 6.59. The van der Waals surface area contributed by atoms with Gasteiger partial charge in [-0.15, -0.1) is 0 Å². The molecule has 0 amide bonds. The fraction of sp³-hybridized carbons (Fsp3) is 0.545. The van der Waals surface area contributed by atoms with E-state index < -0.39 is 0 Å². The van der Waals surface area contributed by atoms with Crippen molar-refractivity contribution < 1.29 is 0 Å². The van der Waals surface area contributed by atoms with Gasteiger partial charge in [0.05, 0.1) is 28.3 Å². The van der Waals surface area contributed by atoms with Gasteiger partial charge in [0.25, 0.3) is 0 Å². The molecular weight excluding hydrogens is 384 g/mol. The third-order valence-electron chi connectivity index (χ3n) is 6.97. The van der Waals surface area contributed by atoms with Crippen LogP contribution >= 0.6 is 11.6 Å². The molecule has 6 nitrogen and oxygen atoms in total. The Morgan fingerprint density at radius 1 is 1.21 bits per heavy atom. The van der Waals surface area contributed by atoms with E-state index in [1.54, 1.807) is 6.20 Å². The summed E-state index contributed by atoms with van der Waals surface area (Å²) in [6, 6.07) is 2.62. The Kier molecular flexibility index (Phi) is 4.79. The van der Waals surface area contributed by atoms with E-state index in [1.165, 1.54) is 51.6 Å². The van der Waals surface area contributed by atoms with Gasteiger partial charge in [-0.1, -0.05) is 11.6 Å². The second-order valence-electron chi connectivity index (χ2n) is 8.90. The first-order valence-electron chi connectivity index (χ1n) is 10.7. The minimum absolute atomic E-state index is 0.470. The highest BCUT2D eigenvalue weighted by molar-refractivity contribution is 6.34. The first-order valence-corrected chi connectivity index (χ1v) is 11.1. The molecule has 2 aliphatic rings. The van der Waals surface area contributed by atoms with Gasteiger partial charge < -0.3 is 15.6 Å². The maximum Gasteiger partial charge on any atom is 0.139 e. The van der Waals surface area contributed by atoms with E-state index in [1.807, 2.05) is 24.9 Å². The van der Waals surface area contributed by atoms with Crippen LogP contribution in [0.1, 0.15) is 44.2 Å². The lowest BCUT2D eigenvalue weighted by molar-refractivity contribution is 0.128. The number of halogens is 1. The number of anilines is 1. The molecule has 0 unspecified atom stereocenters. The number of aromatic nitrogens is 4. The van der Waals surface area contributed by atoms with E-state index in [-0.39, 0.29) is 0 Å². The van der Waals surface area contributed by atoms with Crippen LogP contribution in [0.2, 0.25) is 5.02 Å². The zero-order valence-electron chi connectivity index (χ0n) is 17.2. The van der Waals surface area contributed by atoms with Gasteiger partial charge in [0.2, 0.25) is 0 Å². The molecule has 0 radical (unpaired) electrons. The number of hydrogen-bond acceptors (Lipinski definition) is 4. The predicted molar refractivity (Wildman–Crippen MR) is 118 cm³/mol. The Balaban J connectivity index is 1.40. The van der Waals surface area contributed by atoms with Crippen molar-refractivity contribution in [3.8, 4) is 11.3 Å². The smallest absolute Gasteiger partial charge is 0.139 e. The predicted octanol–water partition coefficient (Wildman–Crippen LogP) is 4.65.